The minimum atomic E-state index is 0.255. The lowest BCUT2D eigenvalue weighted by Gasteiger charge is -2.15. The molecule has 0 saturated heterocycles. The summed E-state index contributed by atoms with van der Waals surface area (Å²) in [5.41, 5.74) is 7.46. The van der Waals surface area contributed by atoms with Crippen LogP contribution in [0.2, 0.25) is 0 Å². The molecule has 0 spiro atoms. The van der Waals surface area contributed by atoms with Gasteiger partial charge in [-0.15, -0.1) is 11.3 Å². The number of thiazole rings is 1. The summed E-state index contributed by atoms with van der Waals surface area (Å²) in [6.07, 6.45) is 4.64. The zero-order valence-electron chi connectivity index (χ0n) is 10.5. The number of nitrogens with two attached hydrogens (primary N) is 1. The van der Waals surface area contributed by atoms with Crippen LogP contribution in [0.25, 0.3) is 0 Å². The normalized spacial score (nSPS) is 22.2. The monoisotopic (exact) mass is 238 g/mol. The van der Waals surface area contributed by atoms with E-state index in [4.69, 9.17) is 10.7 Å². The van der Waals surface area contributed by atoms with Crippen molar-refractivity contribution in [2.75, 3.05) is 0 Å². The Bertz CT molecular complexity index is 357. The molecule has 0 radical (unpaired) electrons. The van der Waals surface area contributed by atoms with E-state index in [2.05, 4.69) is 20.8 Å². The maximum absolute atomic E-state index is 6.10. The fraction of sp³-hybridized carbons (Fsp3) is 0.769. The number of aryl methyl sites for hydroxylation is 1. The van der Waals surface area contributed by atoms with E-state index in [1.165, 1.54) is 34.8 Å². The van der Waals surface area contributed by atoms with Crippen LogP contribution in [0.3, 0.4) is 0 Å². The van der Waals surface area contributed by atoms with Crippen LogP contribution in [-0.4, -0.2) is 11.0 Å². The van der Waals surface area contributed by atoms with Crippen molar-refractivity contribution in [3.63, 3.8) is 0 Å². The fourth-order valence-corrected chi connectivity index (χ4v) is 3.47. The number of rotatable bonds is 3. The molecule has 90 valence electrons. The predicted molar refractivity (Wildman–Crippen MR) is 69.8 cm³/mol. The van der Waals surface area contributed by atoms with Gasteiger partial charge in [0.1, 0.15) is 0 Å². The minimum absolute atomic E-state index is 0.255. The third-order valence-corrected chi connectivity index (χ3v) is 4.64. The Morgan fingerprint density at radius 1 is 1.50 bits per heavy atom. The lowest BCUT2D eigenvalue weighted by Crippen LogP contribution is -2.28. The third kappa shape index (κ3) is 2.64. The first kappa shape index (κ1) is 12.1. The highest BCUT2D eigenvalue weighted by atomic mass is 32.1. The Morgan fingerprint density at radius 3 is 2.94 bits per heavy atom. The average molecular weight is 238 g/mol. The zero-order valence-corrected chi connectivity index (χ0v) is 11.3. The number of nitrogens with zero attached hydrogens (tertiary/aromatic N) is 1. The molecule has 1 aromatic heterocycles. The molecule has 2 atom stereocenters. The van der Waals surface area contributed by atoms with Crippen molar-refractivity contribution in [1.82, 2.24) is 4.98 Å². The molecule has 1 heterocycles. The van der Waals surface area contributed by atoms with Crippen molar-refractivity contribution in [2.45, 2.75) is 52.5 Å². The van der Waals surface area contributed by atoms with Crippen LogP contribution in [0.15, 0.2) is 0 Å². The number of hydrogen-bond acceptors (Lipinski definition) is 3. The average Bonchev–Trinajstić information content (AvgIpc) is 2.58. The molecular weight excluding hydrogens is 216 g/mol. The Morgan fingerprint density at radius 2 is 2.25 bits per heavy atom. The van der Waals surface area contributed by atoms with Crippen molar-refractivity contribution in [3.05, 3.63) is 15.6 Å². The Balaban J connectivity index is 2.07. The van der Waals surface area contributed by atoms with Gasteiger partial charge in [-0.3, -0.25) is 0 Å². The van der Waals surface area contributed by atoms with Gasteiger partial charge in [-0.1, -0.05) is 20.8 Å². The van der Waals surface area contributed by atoms with E-state index in [0.717, 1.165) is 12.3 Å². The molecule has 0 fully saturated rings. The van der Waals surface area contributed by atoms with Crippen molar-refractivity contribution in [1.29, 1.82) is 0 Å². The zero-order chi connectivity index (χ0) is 11.7. The second-order valence-corrected chi connectivity index (χ2v) is 6.61. The number of aromatic nitrogens is 1. The minimum Gasteiger partial charge on any atom is -0.327 e. The van der Waals surface area contributed by atoms with Gasteiger partial charge >= 0.3 is 0 Å². The summed E-state index contributed by atoms with van der Waals surface area (Å²) in [4.78, 5) is 6.26. The molecule has 16 heavy (non-hydrogen) atoms. The van der Waals surface area contributed by atoms with E-state index in [1.807, 2.05) is 11.3 Å². The second-order valence-electron chi connectivity index (χ2n) is 5.44. The van der Waals surface area contributed by atoms with Gasteiger partial charge in [0.25, 0.3) is 0 Å². The summed E-state index contributed by atoms with van der Waals surface area (Å²) in [6.45, 7) is 6.70. The van der Waals surface area contributed by atoms with E-state index in [9.17, 15) is 0 Å². The van der Waals surface area contributed by atoms with Crippen LogP contribution < -0.4 is 5.73 Å². The molecule has 2 nitrogen and oxygen atoms in total. The summed E-state index contributed by atoms with van der Waals surface area (Å²) >= 11 is 1.89. The molecule has 3 heteroatoms. The maximum Gasteiger partial charge on any atom is 0.0946 e. The molecule has 0 bridgehead atoms. The highest BCUT2D eigenvalue weighted by Crippen LogP contribution is 2.30. The first-order valence-electron chi connectivity index (χ1n) is 6.29. The lowest BCUT2D eigenvalue weighted by atomic mass is 9.93. The molecule has 2 N–H and O–H groups in total. The summed E-state index contributed by atoms with van der Waals surface area (Å²) in [6, 6.07) is 0.255. The predicted octanol–water partition coefficient (Wildman–Crippen LogP) is 2.79. The molecule has 0 aliphatic heterocycles. The van der Waals surface area contributed by atoms with Gasteiger partial charge in [0.2, 0.25) is 0 Å². The highest BCUT2D eigenvalue weighted by molar-refractivity contribution is 7.11. The summed E-state index contributed by atoms with van der Waals surface area (Å²) in [5, 5.41) is 1.25. The summed E-state index contributed by atoms with van der Waals surface area (Å²) in [5.74, 6) is 1.37. The lowest BCUT2D eigenvalue weighted by molar-refractivity contribution is 0.486. The Kier molecular flexibility index (Phi) is 3.65. The van der Waals surface area contributed by atoms with Gasteiger partial charge in [-0.05, 0) is 31.1 Å². The summed E-state index contributed by atoms with van der Waals surface area (Å²) < 4.78 is 0. The van der Waals surface area contributed by atoms with Crippen LogP contribution in [-0.2, 0) is 19.3 Å². The van der Waals surface area contributed by atoms with Gasteiger partial charge in [-0.2, -0.15) is 0 Å². The fourth-order valence-electron chi connectivity index (χ4n) is 2.12. The van der Waals surface area contributed by atoms with E-state index in [1.54, 1.807) is 0 Å². The molecule has 2 rings (SSSR count). The van der Waals surface area contributed by atoms with Crippen molar-refractivity contribution in [2.24, 2.45) is 17.6 Å². The van der Waals surface area contributed by atoms with Crippen LogP contribution in [0.5, 0.6) is 0 Å². The topological polar surface area (TPSA) is 38.9 Å². The molecule has 1 aliphatic carbocycles. The van der Waals surface area contributed by atoms with E-state index in [0.29, 0.717) is 5.92 Å². The van der Waals surface area contributed by atoms with Crippen molar-refractivity contribution < 1.29 is 0 Å². The van der Waals surface area contributed by atoms with Gasteiger partial charge in [-0.25, -0.2) is 4.98 Å². The first-order chi connectivity index (χ1) is 7.56. The van der Waals surface area contributed by atoms with E-state index >= 15 is 0 Å². The maximum atomic E-state index is 6.10. The second kappa shape index (κ2) is 4.84. The first-order valence-corrected chi connectivity index (χ1v) is 7.11. The van der Waals surface area contributed by atoms with Crippen molar-refractivity contribution in [3.8, 4) is 0 Å². The standard InChI is InChI=1S/C13H22N2S/c1-8(2)10(14)7-13-15-11-5-4-9(3)6-12(11)16-13/h8-10H,4-7,14H2,1-3H3. The largest absolute Gasteiger partial charge is 0.327 e. The Hall–Kier alpha value is -0.410. The van der Waals surface area contributed by atoms with Crippen LogP contribution in [0, 0.1) is 11.8 Å². The van der Waals surface area contributed by atoms with Gasteiger partial charge in [0.05, 0.1) is 10.7 Å². The Labute approximate surface area is 102 Å². The SMILES string of the molecule is CC1CCc2nc(CC(N)C(C)C)sc2C1. The number of fused-ring (bicyclic) bond motifs is 1. The van der Waals surface area contributed by atoms with Crippen LogP contribution >= 0.6 is 11.3 Å². The molecule has 2 unspecified atom stereocenters. The quantitative estimate of drug-likeness (QED) is 0.879. The summed E-state index contributed by atoms with van der Waals surface area (Å²) in [7, 11) is 0. The van der Waals surface area contributed by atoms with E-state index in [-0.39, 0.29) is 6.04 Å². The molecule has 0 aromatic carbocycles. The highest BCUT2D eigenvalue weighted by Gasteiger charge is 2.20. The van der Waals surface area contributed by atoms with E-state index < -0.39 is 0 Å². The molecule has 0 amide bonds. The molecular formula is C13H22N2S. The van der Waals surface area contributed by atoms with Gasteiger partial charge < -0.3 is 5.73 Å². The van der Waals surface area contributed by atoms with Gasteiger partial charge in [0, 0.05) is 17.3 Å². The smallest absolute Gasteiger partial charge is 0.0946 e. The van der Waals surface area contributed by atoms with Gasteiger partial charge in [0.15, 0.2) is 0 Å². The molecule has 1 aromatic rings. The van der Waals surface area contributed by atoms with Crippen LogP contribution in [0.4, 0.5) is 0 Å². The van der Waals surface area contributed by atoms with Crippen molar-refractivity contribution >= 4 is 11.3 Å². The molecule has 1 aliphatic rings. The number of hydrogen-bond donors (Lipinski definition) is 1. The third-order valence-electron chi connectivity index (χ3n) is 3.50. The van der Waals surface area contributed by atoms with Crippen LogP contribution in [0.1, 0.15) is 42.8 Å². The molecule has 0 saturated carbocycles.